The predicted molar refractivity (Wildman–Crippen MR) is 260 cm³/mol. The van der Waals surface area contributed by atoms with Crippen LogP contribution in [0.25, 0.3) is 0 Å². The molecule has 0 aromatic rings. The maximum Gasteiger partial charge on any atom is 0.306 e. The number of ether oxygens (including phenoxy) is 1. The lowest BCUT2D eigenvalue weighted by Crippen LogP contribution is -2.46. The topological polar surface area (TPSA) is 95.9 Å². The summed E-state index contributed by atoms with van der Waals surface area (Å²) in [5, 5.41) is 23.8. The van der Waals surface area contributed by atoms with E-state index in [1.807, 2.05) is 0 Å². The van der Waals surface area contributed by atoms with Crippen LogP contribution in [-0.2, 0) is 14.3 Å². The second-order valence-corrected chi connectivity index (χ2v) is 19.0. The van der Waals surface area contributed by atoms with Crippen LogP contribution in [0.4, 0.5) is 0 Å². The number of hydrogen-bond donors (Lipinski definition) is 3. The zero-order valence-corrected chi connectivity index (χ0v) is 40.9. The largest absolute Gasteiger partial charge is 0.462 e. The van der Waals surface area contributed by atoms with E-state index < -0.39 is 18.2 Å². The van der Waals surface area contributed by atoms with Crippen LogP contribution in [-0.4, -0.2) is 46.9 Å². The van der Waals surface area contributed by atoms with Gasteiger partial charge in [-0.1, -0.05) is 271 Å². The van der Waals surface area contributed by atoms with Gasteiger partial charge in [-0.3, -0.25) is 9.59 Å². The van der Waals surface area contributed by atoms with E-state index in [2.05, 4.69) is 26.1 Å². The molecule has 3 atom stereocenters. The molecule has 0 aliphatic carbocycles. The lowest BCUT2D eigenvalue weighted by molar-refractivity contribution is -0.151. The molecule has 3 unspecified atom stereocenters. The number of nitrogens with one attached hydrogen (secondary N) is 1. The smallest absolute Gasteiger partial charge is 0.306 e. The Balaban J connectivity index is 4.51. The minimum Gasteiger partial charge on any atom is -0.462 e. The molecule has 358 valence electrons. The molecule has 0 radical (unpaired) electrons. The molecule has 0 saturated heterocycles. The number of carbonyl (C=O) groups excluding carboxylic acids is 2. The number of esters is 1. The summed E-state index contributed by atoms with van der Waals surface area (Å²) in [6.07, 6.45) is 53.0. The third-order valence-electron chi connectivity index (χ3n) is 12.9. The van der Waals surface area contributed by atoms with E-state index in [0.717, 1.165) is 38.5 Å². The van der Waals surface area contributed by atoms with Gasteiger partial charge in [0, 0.05) is 6.42 Å². The van der Waals surface area contributed by atoms with Gasteiger partial charge in [0.05, 0.1) is 25.2 Å². The predicted octanol–water partition coefficient (Wildman–Crippen LogP) is 16.4. The van der Waals surface area contributed by atoms with Gasteiger partial charge in [0.2, 0.25) is 5.91 Å². The Labute approximate surface area is 375 Å². The molecular weight excluding hydrogens is 743 g/mol. The van der Waals surface area contributed by atoms with Crippen molar-refractivity contribution in [1.29, 1.82) is 0 Å². The highest BCUT2D eigenvalue weighted by Gasteiger charge is 2.24. The molecule has 0 spiro atoms. The Morgan fingerprint density at radius 2 is 0.700 bits per heavy atom. The van der Waals surface area contributed by atoms with E-state index >= 15 is 0 Å². The zero-order valence-electron chi connectivity index (χ0n) is 40.9. The van der Waals surface area contributed by atoms with E-state index in [0.29, 0.717) is 19.3 Å². The minimum absolute atomic E-state index is 0.0882. The van der Waals surface area contributed by atoms with Crippen molar-refractivity contribution in [1.82, 2.24) is 5.32 Å². The Morgan fingerprint density at radius 3 is 1.02 bits per heavy atom. The number of unbranched alkanes of at least 4 members (excludes halogenated alkanes) is 38. The van der Waals surface area contributed by atoms with Crippen molar-refractivity contribution in [3.8, 4) is 0 Å². The molecule has 6 nitrogen and oxygen atoms in total. The number of rotatable bonds is 50. The van der Waals surface area contributed by atoms with Crippen molar-refractivity contribution in [2.24, 2.45) is 0 Å². The van der Waals surface area contributed by atoms with Crippen LogP contribution in [0.15, 0.2) is 0 Å². The lowest BCUT2D eigenvalue weighted by Gasteiger charge is -2.24. The first-order valence-electron chi connectivity index (χ1n) is 27.3. The van der Waals surface area contributed by atoms with Gasteiger partial charge < -0.3 is 20.3 Å². The first-order chi connectivity index (χ1) is 29.5. The number of hydrogen-bond acceptors (Lipinski definition) is 5. The van der Waals surface area contributed by atoms with Crippen LogP contribution in [0, 0.1) is 0 Å². The number of aliphatic hydroxyl groups is 2. The average Bonchev–Trinajstić information content (AvgIpc) is 3.24. The van der Waals surface area contributed by atoms with Gasteiger partial charge in [-0.05, 0) is 25.7 Å². The maximum absolute atomic E-state index is 13.2. The number of aliphatic hydroxyl groups excluding tert-OH is 2. The van der Waals surface area contributed by atoms with Crippen LogP contribution in [0.1, 0.15) is 310 Å². The average molecular weight is 850 g/mol. The van der Waals surface area contributed by atoms with E-state index in [1.165, 1.54) is 225 Å². The number of amides is 1. The van der Waals surface area contributed by atoms with E-state index in [-0.39, 0.29) is 24.9 Å². The lowest BCUT2D eigenvalue weighted by atomic mass is 10.0. The zero-order chi connectivity index (χ0) is 43.8. The SMILES string of the molecule is CCCCCCCCCCCCCCCCCC(CC(=O)NC(CO)C(O)CCCCCCCCCCCCCC)OC(=O)CCCCCCCCCCCCCCCC. The third-order valence-corrected chi connectivity index (χ3v) is 12.9. The van der Waals surface area contributed by atoms with E-state index in [4.69, 9.17) is 4.74 Å². The fourth-order valence-corrected chi connectivity index (χ4v) is 8.79. The first-order valence-corrected chi connectivity index (χ1v) is 27.3. The van der Waals surface area contributed by atoms with Gasteiger partial charge in [-0.2, -0.15) is 0 Å². The van der Waals surface area contributed by atoms with Gasteiger partial charge in [0.1, 0.15) is 6.10 Å². The molecule has 3 N–H and O–H groups in total. The van der Waals surface area contributed by atoms with Gasteiger partial charge in [0.15, 0.2) is 0 Å². The molecule has 6 heteroatoms. The summed E-state index contributed by atoms with van der Waals surface area (Å²) >= 11 is 0. The summed E-state index contributed by atoms with van der Waals surface area (Å²) < 4.78 is 5.95. The Bertz CT molecular complexity index is 867. The summed E-state index contributed by atoms with van der Waals surface area (Å²) in [6, 6.07) is -0.692. The van der Waals surface area contributed by atoms with Crippen molar-refractivity contribution in [2.45, 2.75) is 328 Å². The van der Waals surface area contributed by atoms with Crippen molar-refractivity contribution >= 4 is 11.9 Å². The fraction of sp³-hybridized carbons (Fsp3) is 0.963. The fourth-order valence-electron chi connectivity index (χ4n) is 8.79. The van der Waals surface area contributed by atoms with Crippen LogP contribution < -0.4 is 5.32 Å². The number of carbonyl (C=O) groups is 2. The highest BCUT2D eigenvalue weighted by molar-refractivity contribution is 5.77. The quantitative estimate of drug-likeness (QED) is 0.0419. The summed E-state index contributed by atoms with van der Waals surface area (Å²) in [4.78, 5) is 26.2. The molecular formula is C54H107NO5. The van der Waals surface area contributed by atoms with Gasteiger partial charge >= 0.3 is 5.97 Å². The van der Waals surface area contributed by atoms with Crippen molar-refractivity contribution < 1.29 is 24.5 Å². The summed E-state index contributed by atoms with van der Waals surface area (Å²) in [7, 11) is 0. The molecule has 0 heterocycles. The Hall–Kier alpha value is -1.14. The highest BCUT2D eigenvalue weighted by Crippen LogP contribution is 2.19. The standard InChI is InChI=1S/C54H107NO5/c1-4-7-10-13-16-19-22-25-27-28-30-33-36-39-42-45-50(60-54(59)47-44-41-38-35-32-29-26-23-20-17-14-11-8-5-2)48-53(58)55-51(49-56)52(57)46-43-40-37-34-31-24-21-18-15-12-9-6-3/h50-52,56-57H,4-49H2,1-3H3,(H,55,58). The third kappa shape index (κ3) is 43.5. The minimum atomic E-state index is -0.779. The second kappa shape index (κ2) is 48.9. The Morgan fingerprint density at radius 1 is 0.417 bits per heavy atom. The van der Waals surface area contributed by atoms with Crippen molar-refractivity contribution in [2.75, 3.05) is 6.61 Å². The van der Waals surface area contributed by atoms with E-state index in [9.17, 15) is 19.8 Å². The molecule has 0 rings (SSSR count). The van der Waals surface area contributed by atoms with Crippen LogP contribution in [0.5, 0.6) is 0 Å². The second-order valence-electron chi connectivity index (χ2n) is 19.0. The van der Waals surface area contributed by atoms with Crippen LogP contribution >= 0.6 is 0 Å². The van der Waals surface area contributed by atoms with Gasteiger partial charge in [0.25, 0.3) is 0 Å². The van der Waals surface area contributed by atoms with Gasteiger partial charge in [-0.25, -0.2) is 0 Å². The normalized spacial score (nSPS) is 13.1. The Kier molecular flexibility index (Phi) is 48.0. The highest BCUT2D eigenvalue weighted by atomic mass is 16.5. The molecule has 1 amide bonds. The summed E-state index contributed by atoms with van der Waals surface area (Å²) in [6.45, 7) is 6.52. The van der Waals surface area contributed by atoms with Crippen LogP contribution in [0.3, 0.4) is 0 Å². The van der Waals surface area contributed by atoms with E-state index in [1.54, 1.807) is 0 Å². The molecule has 0 aromatic heterocycles. The van der Waals surface area contributed by atoms with Crippen LogP contribution in [0.2, 0.25) is 0 Å². The molecule has 0 bridgehead atoms. The molecule has 0 saturated carbocycles. The summed E-state index contributed by atoms with van der Waals surface area (Å²) in [5.41, 5.74) is 0. The molecule has 0 aliphatic rings. The molecule has 0 aromatic carbocycles. The monoisotopic (exact) mass is 850 g/mol. The maximum atomic E-state index is 13.2. The van der Waals surface area contributed by atoms with Crippen molar-refractivity contribution in [3.05, 3.63) is 0 Å². The molecule has 0 aliphatic heterocycles. The van der Waals surface area contributed by atoms with Crippen molar-refractivity contribution in [3.63, 3.8) is 0 Å². The summed E-state index contributed by atoms with van der Waals surface area (Å²) in [5.74, 6) is -0.448. The first kappa shape index (κ1) is 58.9. The molecule has 60 heavy (non-hydrogen) atoms. The molecule has 0 fully saturated rings. The van der Waals surface area contributed by atoms with Gasteiger partial charge in [-0.15, -0.1) is 0 Å².